The zero-order chi connectivity index (χ0) is 13.2. The molecule has 4 nitrogen and oxygen atoms in total. The number of nitrogens with one attached hydrogen (secondary N) is 1. The first-order chi connectivity index (χ1) is 9.31. The summed E-state index contributed by atoms with van der Waals surface area (Å²) in [5.41, 5.74) is 1.21. The van der Waals surface area contributed by atoms with Gasteiger partial charge in [-0.1, -0.05) is 0 Å². The van der Waals surface area contributed by atoms with E-state index in [-0.39, 0.29) is 17.9 Å². The van der Waals surface area contributed by atoms with E-state index in [1.807, 2.05) is 0 Å². The molecule has 100 valence electrons. The van der Waals surface area contributed by atoms with Gasteiger partial charge in [0.15, 0.2) is 0 Å². The Hall–Kier alpha value is -1.38. The molecule has 1 aliphatic carbocycles. The smallest absolute Gasteiger partial charge is 0.231 e. The standard InChI is InChI=1S/C14H17N3OS/c15-8-10-9-16-5-6-17(10)14(18)12-2-1-3-13-11(12)4-7-19-13/h4,7,10,12,16H,1-3,5-6,9H2. The monoisotopic (exact) mass is 275 g/mol. The van der Waals surface area contributed by atoms with Crippen LogP contribution in [0.2, 0.25) is 0 Å². The molecule has 19 heavy (non-hydrogen) atoms. The van der Waals surface area contributed by atoms with Crippen molar-refractivity contribution in [1.82, 2.24) is 10.2 Å². The Morgan fingerprint density at radius 3 is 3.32 bits per heavy atom. The number of nitriles is 1. The summed E-state index contributed by atoms with van der Waals surface area (Å²) in [6.07, 6.45) is 3.10. The van der Waals surface area contributed by atoms with Crippen LogP contribution in [-0.4, -0.2) is 36.5 Å². The Morgan fingerprint density at radius 2 is 2.47 bits per heavy atom. The summed E-state index contributed by atoms with van der Waals surface area (Å²) in [6, 6.07) is 4.01. The summed E-state index contributed by atoms with van der Waals surface area (Å²) in [4.78, 5) is 15.9. The first kappa shape index (κ1) is 12.6. The van der Waals surface area contributed by atoms with Crippen molar-refractivity contribution in [2.45, 2.75) is 31.2 Å². The number of aryl methyl sites for hydroxylation is 1. The number of rotatable bonds is 1. The van der Waals surface area contributed by atoms with Crippen molar-refractivity contribution < 1.29 is 4.79 Å². The van der Waals surface area contributed by atoms with E-state index in [0.29, 0.717) is 13.1 Å². The van der Waals surface area contributed by atoms with Gasteiger partial charge in [-0.3, -0.25) is 4.79 Å². The van der Waals surface area contributed by atoms with Gasteiger partial charge in [-0.05, 0) is 36.3 Å². The van der Waals surface area contributed by atoms with Crippen molar-refractivity contribution in [3.63, 3.8) is 0 Å². The Balaban J connectivity index is 1.83. The highest BCUT2D eigenvalue weighted by Gasteiger charge is 2.34. The third-order valence-electron chi connectivity index (χ3n) is 4.03. The van der Waals surface area contributed by atoms with Crippen molar-refractivity contribution >= 4 is 17.2 Å². The number of hydrogen-bond donors (Lipinski definition) is 1. The van der Waals surface area contributed by atoms with Crippen LogP contribution in [0.15, 0.2) is 11.4 Å². The number of carbonyl (C=O) groups excluding carboxylic acids is 1. The molecule has 1 aromatic heterocycles. The molecular weight excluding hydrogens is 258 g/mol. The molecule has 2 atom stereocenters. The fourth-order valence-corrected chi connectivity index (χ4v) is 4.01. The molecule has 2 aliphatic rings. The molecule has 1 aliphatic heterocycles. The van der Waals surface area contributed by atoms with E-state index in [4.69, 9.17) is 0 Å². The third-order valence-corrected chi connectivity index (χ3v) is 5.02. The average molecular weight is 275 g/mol. The van der Waals surface area contributed by atoms with Crippen molar-refractivity contribution in [3.8, 4) is 6.07 Å². The molecular formula is C14H17N3OS. The van der Waals surface area contributed by atoms with E-state index in [1.165, 1.54) is 10.4 Å². The fraction of sp³-hybridized carbons (Fsp3) is 0.571. The van der Waals surface area contributed by atoms with E-state index in [9.17, 15) is 10.1 Å². The van der Waals surface area contributed by atoms with Gasteiger partial charge in [-0.2, -0.15) is 5.26 Å². The van der Waals surface area contributed by atoms with Crippen LogP contribution in [0.3, 0.4) is 0 Å². The summed E-state index contributed by atoms with van der Waals surface area (Å²) in [5.74, 6) is 0.122. The molecule has 1 saturated heterocycles. The number of nitrogens with zero attached hydrogens (tertiary/aromatic N) is 2. The molecule has 0 spiro atoms. The summed E-state index contributed by atoms with van der Waals surface area (Å²) in [7, 11) is 0. The Morgan fingerprint density at radius 1 is 1.58 bits per heavy atom. The van der Waals surface area contributed by atoms with Gasteiger partial charge in [0.2, 0.25) is 5.91 Å². The fourth-order valence-electron chi connectivity index (χ4n) is 3.03. The first-order valence-corrected chi connectivity index (χ1v) is 7.66. The normalized spacial score (nSPS) is 26.6. The third kappa shape index (κ3) is 2.26. The predicted octanol–water partition coefficient (Wildman–Crippen LogP) is 1.49. The molecule has 1 N–H and O–H groups in total. The van der Waals surface area contributed by atoms with E-state index in [1.54, 1.807) is 16.2 Å². The second-order valence-electron chi connectivity index (χ2n) is 5.12. The van der Waals surface area contributed by atoms with Crippen LogP contribution in [0.1, 0.15) is 29.2 Å². The second-order valence-corrected chi connectivity index (χ2v) is 6.13. The minimum atomic E-state index is -0.315. The van der Waals surface area contributed by atoms with Gasteiger partial charge in [0, 0.05) is 24.5 Å². The molecule has 0 radical (unpaired) electrons. The highest BCUT2D eigenvalue weighted by atomic mass is 32.1. The Labute approximate surface area is 117 Å². The van der Waals surface area contributed by atoms with Crippen LogP contribution >= 0.6 is 11.3 Å². The minimum absolute atomic E-state index is 0.0241. The predicted molar refractivity (Wildman–Crippen MR) is 74.0 cm³/mol. The topological polar surface area (TPSA) is 56.1 Å². The maximum Gasteiger partial charge on any atom is 0.231 e. The minimum Gasteiger partial charge on any atom is -0.324 e. The van der Waals surface area contributed by atoms with Crippen LogP contribution < -0.4 is 5.32 Å². The van der Waals surface area contributed by atoms with E-state index < -0.39 is 0 Å². The zero-order valence-electron chi connectivity index (χ0n) is 10.8. The van der Waals surface area contributed by atoms with Gasteiger partial charge in [0.25, 0.3) is 0 Å². The number of hydrogen-bond acceptors (Lipinski definition) is 4. The Bertz CT molecular complexity index is 519. The van der Waals surface area contributed by atoms with Crippen molar-refractivity contribution in [3.05, 3.63) is 21.9 Å². The van der Waals surface area contributed by atoms with Crippen LogP contribution in [-0.2, 0) is 11.2 Å². The SMILES string of the molecule is N#CC1CNCCN1C(=O)C1CCCc2sccc21. The molecule has 0 bridgehead atoms. The molecule has 1 fully saturated rings. The molecule has 5 heteroatoms. The number of carbonyl (C=O) groups is 1. The van der Waals surface area contributed by atoms with Crippen LogP contribution in [0.5, 0.6) is 0 Å². The zero-order valence-corrected chi connectivity index (χ0v) is 11.6. The van der Waals surface area contributed by atoms with Crippen LogP contribution in [0.4, 0.5) is 0 Å². The van der Waals surface area contributed by atoms with Crippen molar-refractivity contribution in [1.29, 1.82) is 5.26 Å². The lowest BCUT2D eigenvalue weighted by Crippen LogP contribution is -2.54. The summed E-state index contributed by atoms with van der Waals surface area (Å²) >= 11 is 1.75. The summed E-state index contributed by atoms with van der Waals surface area (Å²) in [6.45, 7) is 2.02. The number of amides is 1. The van der Waals surface area contributed by atoms with Gasteiger partial charge >= 0.3 is 0 Å². The van der Waals surface area contributed by atoms with E-state index in [0.717, 1.165) is 25.8 Å². The summed E-state index contributed by atoms with van der Waals surface area (Å²) in [5, 5.41) is 14.4. The molecule has 1 aromatic rings. The van der Waals surface area contributed by atoms with Gasteiger partial charge in [-0.25, -0.2) is 0 Å². The largest absolute Gasteiger partial charge is 0.324 e. The lowest BCUT2D eigenvalue weighted by molar-refractivity contribution is -0.135. The molecule has 2 heterocycles. The van der Waals surface area contributed by atoms with Crippen molar-refractivity contribution in [2.75, 3.05) is 19.6 Å². The van der Waals surface area contributed by atoms with E-state index in [2.05, 4.69) is 22.8 Å². The van der Waals surface area contributed by atoms with Crippen LogP contribution in [0.25, 0.3) is 0 Å². The molecule has 3 rings (SSSR count). The van der Waals surface area contributed by atoms with Gasteiger partial charge in [-0.15, -0.1) is 11.3 Å². The van der Waals surface area contributed by atoms with Gasteiger partial charge in [0.05, 0.1) is 12.0 Å². The molecule has 0 saturated carbocycles. The van der Waals surface area contributed by atoms with Gasteiger partial charge < -0.3 is 10.2 Å². The highest BCUT2D eigenvalue weighted by Crippen LogP contribution is 2.36. The quantitative estimate of drug-likeness (QED) is 0.845. The van der Waals surface area contributed by atoms with Crippen molar-refractivity contribution in [2.24, 2.45) is 0 Å². The lowest BCUT2D eigenvalue weighted by Gasteiger charge is -2.35. The molecule has 2 unspecified atom stereocenters. The average Bonchev–Trinajstić information content (AvgIpc) is 2.94. The van der Waals surface area contributed by atoms with Gasteiger partial charge in [0.1, 0.15) is 6.04 Å². The second kappa shape index (κ2) is 5.32. The number of fused-ring (bicyclic) bond motifs is 1. The van der Waals surface area contributed by atoms with E-state index >= 15 is 0 Å². The number of piperazine rings is 1. The summed E-state index contributed by atoms with van der Waals surface area (Å²) < 4.78 is 0. The maximum absolute atomic E-state index is 12.7. The van der Waals surface area contributed by atoms with Crippen LogP contribution in [0, 0.1) is 11.3 Å². The highest BCUT2D eigenvalue weighted by molar-refractivity contribution is 7.10. The number of thiophene rings is 1. The first-order valence-electron chi connectivity index (χ1n) is 6.78. The molecule has 0 aromatic carbocycles. The maximum atomic E-state index is 12.7. The lowest BCUT2D eigenvalue weighted by atomic mass is 9.86. The Kier molecular flexibility index (Phi) is 3.54. The molecule has 1 amide bonds.